The van der Waals surface area contributed by atoms with Gasteiger partial charge in [-0.3, -0.25) is 4.98 Å². The lowest BCUT2D eigenvalue weighted by Gasteiger charge is -2.12. The smallest absolute Gasteiger partial charge is 0.231 e. The third-order valence-corrected chi connectivity index (χ3v) is 6.48. The number of rotatable bonds is 8. The summed E-state index contributed by atoms with van der Waals surface area (Å²) in [5, 5.41) is 10.7. The highest BCUT2D eigenvalue weighted by molar-refractivity contribution is 6.00. The highest BCUT2D eigenvalue weighted by Crippen LogP contribution is 2.35. The molecular formula is C30H28ClN3O2. The number of hydrogen-bond acceptors (Lipinski definition) is 5. The summed E-state index contributed by atoms with van der Waals surface area (Å²) in [4.78, 5) is 4.65. The average molecular weight is 498 g/mol. The quantitative estimate of drug-likeness (QED) is 0.231. The summed E-state index contributed by atoms with van der Waals surface area (Å²) in [6.07, 6.45) is 2.89. The van der Waals surface area contributed by atoms with Crippen LogP contribution in [0.2, 0.25) is 0 Å². The van der Waals surface area contributed by atoms with E-state index in [-0.39, 0.29) is 12.4 Å². The number of nitrogens with zero attached hydrogens (tertiary/aromatic N) is 1. The van der Waals surface area contributed by atoms with Crippen LogP contribution >= 0.6 is 12.4 Å². The Labute approximate surface area is 216 Å². The van der Waals surface area contributed by atoms with Gasteiger partial charge >= 0.3 is 0 Å². The number of fused-ring (bicyclic) bond motifs is 3. The van der Waals surface area contributed by atoms with Crippen molar-refractivity contribution in [2.75, 3.05) is 25.2 Å². The van der Waals surface area contributed by atoms with Crippen molar-refractivity contribution in [1.82, 2.24) is 10.3 Å². The maximum atomic E-state index is 5.58. The molecule has 0 fully saturated rings. The van der Waals surface area contributed by atoms with Gasteiger partial charge in [0.05, 0.1) is 5.52 Å². The molecule has 2 heterocycles. The molecule has 36 heavy (non-hydrogen) atoms. The summed E-state index contributed by atoms with van der Waals surface area (Å²) < 4.78 is 11.0. The molecule has 0 aliphatic carbocycles. The largest absolute Gasteiger partial charge is 0.454 e. The zero-order chi connectivity index (χ0) is 23.5. The molecule has 2 N–H and O–H groups in total. The normalized spacial score (nSPS) is 12.0. The Morgan fingerprint density at radius 1 is 0.806 bits per heavy atom. The van der Waals surface area contributed by atoms with Gasteiger partial charge in [-0.1, -0.05) is 66.7 Å². The zero-order valence-electron chi connectivity index (χ0n) is 19.9. The second-order valence-electron chi connectivity index (χ2n) is 8.73. The van der Waals surface area contributed by atoms with Crippen LogP contribution in [-0.2, 0) is 6.54 Å². The molecule has 0 amide bonds. The van der Waals surface area contributed by atoms with Crippen LogP contribution < -0.4 is 20.1 Å². The van der Waals surface area contributed by atoms with Crippen molar-refractivity contribution in [2.24, 2.45) is 0 Å². The van der Waals surface area contributed by atoms with Crippen LogP contribution in [0.25, 0.3) is 32.8 Å². The molecule has 6 heteroatoms. The molecule has 4 aromatic carbocycles. The number of pyridine rings is 1. The Balaban J connectivity index is 0.00000267. The van der Waals surface area contributed by atoms with Crippen molar-refractivity contribution < 1.29 is 9.47 Å². The fourth-order valence-electron chi connectivity index (χ4n) is 4.74. The first-order valence-electron chi connectivity index (χ1n) is 12.1. The lowest BCUT2D eigenvalue weighted by molar-refractivity contribution is 0.173. The van der Waals surface area contributed by atoms with Crippen LogP contribution in [0, 0.1) is 0 Å². The highest BCUT2D eigenvalue weighted by atomic mass is 35.5. The van der Waals surface area contributed by atoms with Gasteiger partial charge in [0.15, 0.2) is 11.5 Å². The summed E-state index contributed by atoms with van der Waals surface area (Å²) in [5.74, 6) is 1.70. The minimum Gasteiger partial charge on any atom is -0.454 e. The third kappa shape index (κ3) is 4.81. The molecule has 0 atom stereocenters. The van der Waals surface area contributed by atoms with Crippen molar-refractivity contribution in [3.05, 3.63) is 96.7 Å². The van der Waals surface area contributed by atoms with Gasteiger partial charge in [-0.2, -0.15) is 0 Å². The van der Waals surface area contributed by atoms with Crippen LogP contribution in [0.1, 0.15) is 12.0 Å². The first kappa shape index (κ1) is 23.9. The van der Waals surface area contributed by atoms with Gasteiger partial charge in [0.1, 0.15) is 0 Å². The molecule has 1 aliphatic heterocycles. The van der Waals surface area contributed by atoms with E-state index in [2.05, 4.69) is 88.4 Å². The summed E-state index contributed by atoms with van der Waals surface area (Å²) >= 11 is 0. The van der Waals surface area contributed by atoms with E-state index >= 15 is 0 Å². The maximum absolute atomic E-state index is 5.58. The van der Waals surface area contributed by atoms with Crippen LogP contribution in [0.5, 0.6) is 11.5 Å². The third-order valence-electron chi connectivity index (χ3n) is 6.48. The summed E-state index contributed by atoms with van der Waals surface area (Å²) in [5.41, 5.74) is 5.67. The Hall–Kier alpha value is -3.80. The maximum Gasteiger partial charge on any atom is 0.231 e. The predicted molar refractivity (Wildman–Crippen MR) is 149 cm³/mol. The second kappa shape index (κ2) is 10.9. The van der Waals surface area contributed by atoms with Crippen molar-refractivity contribution in [2.45, 2.75) is 13.0 Å². The molecule has 0 unspecified atom stereocenters. The molecule has 0 spiro atoms. The van der Waals surface area contributed by atoms with Gasteiger partial charge in [0, 0.05) is 35.9 Å². The van der Waals surface area contributed by atoms with Crippen LogP contribution in [-0.4, -0.2) is 24.9 Å². The van der Waals surface area contributed by atoms with E-state index < -0.39 is 0 Å². The van der Waals surface area contributed by atoms with Crippen LogP contribution in [0.3, 0.4) is 0 Å². The lowest BCUT2D eigenvalue weighted by atomic mass is 9.97. The number of benzene rings is 4. The number of anilines is 1. The Morgan fingerprint density at radius 2 is 1.69 bits per heavy atom. The standard InChI is InChI=1S/C30H27N3O2.ClH/c1-2-9-24-21(6-1)7-3-10-25(24)22-12-13-26-27(14-17-33-28(26)18-22)32-16-5-15-31-19-23-8-4-11-29-30(23)35-20-34-29;/h1-4,6-14,17-18,31H,5,15-16,19-20H2,(H,32,33);1H. The molecule has 0 saturated heterocycles. The van der Waals surface area contributed by atoms with E-state index in [1.807, 2.05) is 18.3 Å². The zero-order valence-corrected chi connectivity index (χ0v) is 20.7. The summed E-state index contributed by atoms with van der Waals surface area (Å²) in [6, 6.07) is 29.6. The molecule has 0 bridgehead atoms. The van der Waals surface area contributed by atoms with Crippen molar-refractivity contribution in [3.63, 3.8) is 0 Å². The molecule has 1 aromatic heterocycles. The van der Waals surface area contributed by atoms with Crippen LogP contribution in [0.15, 0.2) is 91.1 Å². The van der Waals surface area contributed by atoms with E-state index in [0.717, 1.165) is 59.7 Å². The van der Waals surface area contributed by atoms with Gasteiger partial charge in [0.2, 0.25) is 6.79 Å². The fourth-order valence-corrected chi connectivity index (χ4v) is 4.74. The first-order valence-corrected chi connectivity index (χ1v) is 12.1. The van der Waals surface area contributed by atoms with E-state index in [1.165, 1.54) is 21.9 Å². The van der Waals surface area contributed by atoms with E-state index in [1.54, 1.807) is 0 Å². The molecule has 182 valence electrons. The van der Waals surface area contributed by atoms with Gasteiger partial charge in [0.25, 0.3) is 0 Å². The monoisotopic (exact) mass is 497 g/mol. The molecular weight excluding hydrogens is 470 g/mol. The summed E-state index contributed by atoms with van der Waals surface area (Å²) in [6.45, 7) is 2.86. The fraction of sp³-hybridized carbons (Fsp3) is 0.167. The van der Waals surface area contributed by atoms with E-state index in [0.29, 0.717) is 6.79 Å². The minimum absolute atomic E-state index is 0. The predicted octanol–water partition coefficient (Wildman–Crippen LogP) is 6.80. The number of nitrogens with one attached hydrogen (secondary N) is 2. The highest BCUT2D eigenvalue weighted by Gasteiger charge is 2.16. The molecule has 6 rings (SSSR count). The van der Waals surface area contributed by atoms with Gasteiger partial charge < -0.3 is 20.1 Å². The first-order chi connectivity index (χ1) is 17.4. The van der Waals surface area contributed by atoms with Crippen molar-refractivity contribution in [3.8, 4) is 22.6 Å². The Bertz CT molecular complexity index is 1500. The Kier molecular flexibility index (Phi) is 7.21. The lowest BCUT2D eigenvalue weighted by Crippen LogP contribution is -2.18. The number of ether oxygens (including phenoxy) is 2. The average Bonchev–Trinajstić information content (AvgIpc) is 3.40. The van der Waals surface area contributed by atoms with E-state index in [4.69, 9.17) is 9.47 Å². The molecule has 5 aromatic rings. The SMILES string of the molecule is Cl.c1cc(CNCCCNc2ccnc3cc(-c4cccc5ccccc45)ccc23)c2c(c1)OCO2. The number of halogens is 1. The van der Waals surface area contributed by atoms with Gasteiger partial charge in [-0.15, -0.1) is 12.4 Å². The number of aromatic nitrogens is 1. The molecule has 1 aliphatic rings. The van der Waals surface area contributed by atoms with Gasteiger partial charge in [-0.05, 0) is 53.1 Å². The number of para-hydroxylation sites is 1. The molecule has 0 radical (unpaired) electrons. The topological polar surface area (TPSA) is 55.4 Å². The van der Waals surface area contributed by atoms with Crippen molar-refractivity contribution in [1.29, 1.82) is 0 Å². The number of hydrogen-bond donors (Lipinski definition) is 2. The van der Waals surface area contributed by atoms with E-state index in [9.17, 15) is 0 Å². The second-order valence-corrected chi connectivity index (χ2v) is 8.73. The molecule has 0 saturated carbocycles. The Morgan fingerprint density at radius 3 is 2.67 bits per heavy atom. The summed E-state index contributed by atoms with van der Waals surface area (Å²) in [7, 11) is 0. The molecule has 5 nitrogen and oxygen atoms in total. The van der Waals surface area contributed by atoms with Crippen LogP contribution in [0.4, 0.5) is 5.69 Å². The van der Waals surface area contributed by atoms with Gasteiger partial charge in [-0.25, -0.2) is 0 Å². The van der Waals surface area contributed by atoms with Crippen molar-refractivity contribution >= 4 is 39.8 Å². The minimum atomic E-state index is 0.